The van der Waals surface area contributed by atoms with E-state index in [1.54, 1.807) is 23.7 Å². The summed E-state index contributed by atoms with van der Waals surface area (Å²) in [7, 11) is 1.61. The number of rotatable bonds is 10. The fourth-order valence-corrected chi connectivity index (χ4v) is 8.53. The van der Waals surface area contributed by atoms with Crippen molar-refractivity contribution in [2.45, 2.75) is 81.9 Å². The summed E-state index contributed by atoms with van der Waals surface area (Å²) < 4.78 is -0.613. The van der Waals surface area contributed by atoms with Gasteiger partial charge in [0, 0.05) is 18.8 Å². The zero-order valence-corrected chi connectivity index (χ0v) is 20.3. The maximum absolute atomic E-state index is 13.9. The van der Waals surface area contributed by atoms with Gasteiger partial charge in [0.1, 0.15) is 6.04 Å². The van der Waals surface area contributed by atoms with E-state index in [4.69, 9.17) is 0 Å². The van der Waals surface area contributed by atoms with E-state index in [-0.39, 0.29) is 41.4 Å². The zero-order valence-electron chi connectivity index (χ0n) is 19.5. The number of aliphatic hydroxyl groups excluding tert-OH is 1. The minimum atomic E-state index is -0.651. The van der Waals surface area contributed by atoms with Crippen LogP contribution in [0.4, 0.5) is 0 Å². The first-order chi connectivity index (χ1) is 14.7. The van der Waals surface area contributed by atoms with Crippen LogP contribution in [0.5, 0.6) is 0 Å². The summed E-state index contributed by atoms with van der Waals surface area (Å²) >= 11 is 1.68. The average Bonchev–Trinajstić information content (AvgIpc) is 3.32. The molecule has 0 aromatic carbocycles. The number of fused-ring (bicyclic) bond motifs is 1. The molecule has 3 amide bonds. The molecule has 0 radical (unpaired) electrons. The number of hydrogen-bond acceptors (Lipinski definition) is 5. The van der Waals surface area contributed by atoms with Gasteiger partial charge in [0.15, 0.2) is 0 Å². The molecule has 176 valence electrons. The van der Waals surface area contributed by atoms with Gasteiger partial charge < -0.3 is 20.6 Å². The number of amides is 3. The van der Waals surface area contributed by atoms with Crippen molar-refractivity contribution < 1.29 is 19.5 Å². The van der Waals surface area contributed by atoms with Crippen molar-refractivity contribution in [1.29, 1.82) is 0 Å². The number of carbonyl (C=O) groups excluding carboxylic acids is 3. The minimum Gasteiger partial charge on any atom is -0.394 e. The number of nitrogens with one attached hydrogen (secondary N) is 2. The van der Waals surface area contributed by atoms with Crippen molar-refractivity contribution in [2.24, 2.45) is 23.7 Å². The standard InChI is InChI=1S/C23H39N3O4S/c1-6-7-8-9-25-21(29)19-23-14(4)11-16(31-23)17(20(28)24-5)18(23)22(30)26(19)15(12-27)10-13(2)3/h13-19,27H,6-12H2,1-5H3,(H,24,28)(H,25,29)/t14?,15-,16-,17+,18+,19?,23?/m1/s1. The van der Waals surface area contributed by atoms with Crippen molar-refractivity contribution in [1.82, 2.24) is 15.5 Å². The predicted octanol–water partition coefficient (Wildman–Crippen LogP) is 1.78. The molecule has 3 unspecified atom stereocenters. The summed E-state index contributed by atoms with van der Waals surface area (Å²) in [5, 5.41) is 16.1. The molecule has 3 rings (SSSR count). The number of thioether (sulfide) groups is 1. The van der Waals surface area contributed by atoms with Crippen LogP contribution >= 0.6 is 11.8 Å². The lowest BCUT2D eigenvalue weighted by Crippen LogP contribution is -2.58. The molecular weight excluding hydrogens is 414 g/mol. The first-order valence-corrected chi connectivity index (χ1v) is 12.7. The smallest absolute Gasteiger partial charge is 0.244 e. The molecule has 0 saturated carbocycles. The van der Waals surface area contributed by atoms with Crippen molar-refractivity contribution in [3.8, 4) is 0 Å². The molecule has 3 aliphatic heterocycles. The van der Waals surface area contributed by atoms with E-state index >= 15 is 0 Å². The first-order valence-electron chi connectivity index (χ1n) is 11.8. The second-order valence-electron chi connectivity index (χ2n) is 9.88. The molecule has 3 aliphatic rings. The highest BCUT2D eigenvalue weighted by Crippen LogP contribution is 2.68. The molecule has 3 saturated heterocycles. The molecule has 7 atom stereocenters. The topological polar surface area (TPSA) is 98.7 Å². The Morgan fingerprint density at radius 1 is 1.29 bits per heavy atom. The Morgan fingerprint density at radius 3 is 2.58 bits per heavy atom. The van der Waals surface area contributed by atoms with Gasteiger partial charge in [0.05, 0.1) is 29.2 Å². The largest absolute Gasteiger partial charge is 0.394 e. The van der Waals surface area contributed by atoms with E-state index in [2.05, 4.69) is 38.3 Å². The summed E-state index contributed by atoms with van der Waals surface area (Å²) in [5.41, 5.74) is 0. The lowest BCUT2D eigenvalue weighted by atomic mass is 9.66. The SMILES string of the molecule is CCCCCNC(=O)C1N([C@@H](CO)CC(C)C)C(=O)[C@@H]2[C@@H](C(=O)NC)[C@H]3CC(C)C12S3. The van der Waals surface area contributed by atoms with E-state index in [1.165, 1.54) is 0 Å². The molecule has 7 nitrogen and oxygen atoms in total. The lowest BCUT2D eigenvalue weighted by molar-refractivity contribution is -0.143. The Kier molecular flexibility index (Phi) is 7.62. The summed E-state index contributed by atoms with van der Waals surface area (Å²) in [4.78, 5) is 41.9. The Morgan fingerprint density at radius 2 is 2.00 bits per heavy atom. The molecular formula is C23H39N3O4S. The first kappa shape index (κ1) is 24.4. The molecule has 3 heterocycles. The second kappa shape index (κ2) is 9.69. The molecule has 8 heteroatoms. The quantitative estimate of drug-likeness (QED) is 0.438. The highest BCUT2D eigenvalue weighted by Gasteiger charge is 2.76. The van der Waals surface area contributed by atoms with Gasteiger partial charge in [-0.05, 0) is 31.1 Å². The molecule has 0 aromatic rings. The van der Waals surface area contributed by atoms with Crippen LogP contribution in [0, 0.1) is 23.7 Å². The van der Waals surface area contributed by atoms with Crippen LogP contribution in [0.15, 0.2) is 0 Å². The van der Waals surface area contributed by atoms with Gasteiger partial charge in [-0.15, -0.1) is 11.8 Å². The van der Waals surface area contributed by atoms with Crippen molar-refractivity contribution >= 4 is 29.5 Å². The number of likely N-dealkylation sites (tertiary alicyclic amines) is 1. The van der Waals surface area contributed by atoms with Crippen LogP contribution in [0.2, 0.25) is 0 Å². The summed E-state index contributed by atoms with van der Waals surface area (Å²) in [6, 6.07) is -1.07. The average molecular weight is 454 g/mol. The second-order valence-corrected chi connectivity index (χ2v) is 11.4. The maximum atomic E-state index is 13.9. The van der Waals surface area contributed by atoms with Gasteiger partial charge in [-0.25, -0.2) is 0 Å². The molecule has 2 bridgehead atoms. The van der Waals surface area contributed by atoms with Gasteiger partial charge in [0.25, 0.3) is 0 Å². The van der Waals surface area contributed by atoms with Crippen LogP contribution in [-0.2, 0) is 14.4 Å². The molecule has 1 spiro atoms. The highest BCUT2D eigenvalue weighted by molar-refractivity contribution is 8.02. The molecule has 0 aliphatic carbocycles. The van der Waals surface area contributed by atoms with Crippen molar-refractivity contribution in [2.75, 3.05) is 20.2 Å². The Hall–Kier alpha value is -1.28. The highest BCUT2D eigenvalue weighted by atomic mass is 32.2. The Labute approximate surface area is 190 Å². The molecule has 0 aromatic heterocycles. The Bertz CT molecular complexity index is 702. The van der Waals surface area contributed by atoms with Crippen LogP contribution in [-0.4, -0.2) is 70.0 Å². The van der Waals surface area contributed by atoms with Crippen LogP contribution in [0.1, 0.15) is 59.8 Å². The van der Waals surface area contributed by atoms with Crippen molar-refractivity contribution in [3.63, 3.8) is 0 Å². The van der Waals surface area contributed by atoms with Crippen LogP contribution in [0.25, 0.3) is 0 Å². The van der Waals surface area contributed by atoms with Gasteiger partial charge in [-0.2, -0.15) is 0 Å². The number of carbonyl (C=O) groups is 3. The van der Waals surface area contributed by atoms with E-state index < -0.39 is 28.7 Å². The normalized spacial score (nSPS) is 34.9. The minimum absolute atomic E-state index is 0.0547. The molecule has 3 fully saturated rings. The predicted molar refractivity (Wildman–Crippen MR) is 122 cm³/mol. The third kappa shape index (κ3) is 3.99. The summed E-state index contributed by atoms with van der Waals surface area (Å²) in [6.07, 6.45) is 4.46. The lowest BCUT2D eigenvalue weighted by Gasteiger charge is -2.40. The third-order valence-corrected chi connectivity index (χ3v) is 9.48. The van der Waals surface area contributed by atoms with Crippen molar-refractivity contribution in [3.05, 3.63) is 0 Å². The maximum Gasteiger partial charge on any atom is 0.244 e. The summed E-state index contributed by atoms with van der Waals surface area (Å²) in [5.74, 6) is -0.899. The number of aliphatic hydroxyl groups is 1. The van der Waals surface area contributed by atoms with Gasteiger partial charge in [-0.1, -0.05) is 40.5 Å². The van der Waals surface area contributed by atoms with Gasteiger partial charge in [-0.3, -0.25) is 14.4 Å². The van der Waals surface area contributed by atoms with E-state index in [1.807, 2.05) is 0 Å². The molecule has 31 heavy (non-hydrogen) atoms. The number of nitrogens with zero attached hydrogens (tertiary/aromatic N) is 1. The number of hydrogen-bond donors (Lipinski definition) is 3. The van der Waals surface area contributed by atoms with Gasteiger partial charge in [0.2, 0.25) is 17.7 Å². The zero-order chi connectivity index (χ0) is 22.9. The monoisotopic (exact) mass is 453 g/mol. The summed E-state index contributed by atoms with van der Waals surface area (Å²) in [6.45, 7) is 8.75. The van der Waals surface area contributed by atoms with Gasteiger partial charge >= 0.3 is 0 Å². The van der Waals surface area contributed by atoms with Crippen LogP contribution < -0.4 is 10.6 Å². The van der Waals surface area contributed by atoms with E-state index in [0.717, 1.165) is 25.7 Å². The molecule has 3 N–H and O–H groups in total. The Balaban J connectivity index is 2.01. The number of unbranched alkanes of at least 4 members (excludes halogenated alkanes) is 2. The fourth-order valence-electron chi connectivity index (χ4n) is 6.12. The fraction of sp³-hybridized carbons (Fsp3) is 0.870. The third-order valence-electron chi connectivity index (χ3n) is 7.41. The van der Waals surface area contributed by atoms with E-state index in [9.17, 15) is 19.5 Å². The van der Waals surface area contributed by atoms with E-state index in [0.29, 0.717) is 13.0 Å². The van der Waals surface area contributed by atoms with Crippen LogP contribution in [0.3, 0.4) is 0 Å².